The maximum absolute atomic E-state index is 9.13. The molecule has 5 N–H and O–H groups in total. The highest BCUT2D eigenvalue weighted by molar-refractivity contribution is 5.96. The van der Waals surface area contributed by atoms with Crippen LogP contribution in [-0.2, 0) is 6.54 Å². The van der Waals surface area contributed by atoms with Gasteiger partial charge >= 0.3 is 0 Å². The molecule has 0 aliphatic rings. The van der Waals surface area contributed by atoms with E-state index in [0.29, 0.717) is 5.56 Å². The standard InChI is InChI=1S/C15H25N3O2/c1-15(2,3)13(8-9-19)17-10-11-4-6-12(7-5-11)14(16)18-20/h4-7,13,17,19-20H,8-10H2,1-3H3,(H2,16,18). The van der Waals surface area contributed by atoms with Crippen LogP contribution in [0.3, 0.4) is 0 Å². The van der Waals surface area contributed by atoms with Crippen LogP contribution in [0.5, 0.6) is 0 Å². The number of benzene rings is 1. The van der Waals surface area contributed by atoms with Gasteiger partial charge in [0, 0.05) is 24.8 Å². The second-order valence-electron chi connectivity index (χ2n) is 5.99. The molecule has 1 atom stereocenters. The molecule has 0 aliphatic heterocycles. The third-order valence-corrected chi connectivity index (χ3v) is 3.37. The van der Waals surface area contributed by atoms with Crippen LogP contribution in [0.15, 0.2) is 29.4 Å². The molecule has 0 amide bonds. The van der Waals surface area contributed by atoms with Crippen LogP contribution in [0.4, 0.5) is 0 Å². The highest BCUT2D eigenvalue weighted by atomic mass is 16.4. The van der Waals surface area contributed by atoms with Crippen molar-refractivity contribution < 1.29 is 10.3 Å². The number of nitrogens with zero attached hydrogens (tertiary/aromatic N) is 1. The maximum atomic E-state index is 9.13. The van der Waals surface area contributed by atoms with Gasteiger partial charge in [0.15, 0.2) is 5.84 Å². The molecule has 5 heteroatoms. The Morgan fingerprint density at radius 3 is 2.35 bits per heavy atom. The summed E-state index contributed by atoms with van der Waals surface area (Å²) >= 11 is 0. The molecular formula is C15H25N3O2. The molecule has 0 aliphatic carbocycles. The molecule has 0 saturated carbocycles. The summed E-state index contributed by atoms with van der Waals surface area (Å²) in [6.45, 7) is 7.36. The lowest BCUT2D eigenvalue weighted by Crippen LogP contribution is -2.40. The van der Waals surface area contributed by atoms with E-state index in [0.717, 1.165) is 18.5 Å². The van der Waals surface area contributed by atoms with Gasteiger partial charge in [-0.25, -0.2) is 0 Å². The Labute approximate surface area is 120 Å². The van der Waals surface area contributed by atoms with Gasteiger partial charge in [-0.05, 0) is 17.4 Å². The van der Waals surface area contributed by atoms with Gasteiger partial charge < -0.3 is 21.4 Å². The molecule has 0 aromatic heterocycles. The molecule has 112 valence electrons. The Morgan fingerprint density at radius 2 is 1.90 bits per heavy atom. The van der Waals surface area contributed by atoms with Crippen LogP contribution in [0.25, 0.3) is 0 Å². The topological polar surface area (TPSA) is 90.9 Å². The van der Waals surface area contributed by atoms with Gasteiger partial charge in [0.1, 0.15) is 0 Å². The molecule has 0 radical (unpaired) electrons. The van der Waals surface area contributed by atoms with E-state index >= 15 is 0 Å². The van der Waals surface area contributed by atoms with E-state index in [9.17, 15) is 0 Å². The fraction of sp³-hybridized carbons (Fsp3) is 0.533. The number of aliphatic hydroxyl groups excluding tert-OH is 1. The van der Waals surface area contributed by atoms with E-state index in [2.05, 4.69) is 31.2 Å². The lowest BCUT2D eigenvalue weighted by atomic mass is 9.85. The second-order valence-corrected chi connectivity index (χ2v) is 5.99. The van der Waals surface area contributed by atoms with Crippen molar-refractivity contribution in [2.45, 2.75) is 39.8 Å². The van der Waals surface area contributed by atoms with E-state index in [1.54, 1.807) is 0 Å². The number of nitrogens with one attached hydrogen (secondary N) is 1. The Hall–Kier alpha value is -1.59. The van der Waals surface area contributed by atoms with Crippen molar-refractivity contribution in [1.82, 2.24) is 5.32 Å². The molecule has 0 spiro atoms. The monoisotopic (exact) mass is 279 g/mol. The highest BCUT2D eigenvalue weighted by Crippen LogP contribution is 2.22. The minimum absolute atomic E-state index is 0.0939. The van der Waals surface area contributed by atoms with E-state index in [1.807, 2.05) is 24.3 Å². The molecular weight excluding hydrogens is 254 g/mol. The van der Waals surface area contributed by atoms with Crippen molar-refractivity contribution in [3.05, 3.63) is 35.4 Å². The quantitative estimate of drug-likeness (QED) is 0.276. The summed E-state index contributed by atoms with van der Waals surface area (Å²) in [5.41, 5.74) is 7.42. The summed E-state index contributed by atoms with van der Waals surface area (Å²) < 4.78 is 0. The average Bonchev–Trinajstić information content (AvgIpc) is 2.42. The number of aliphatic hydroxyl groups is 1. The molecule has 1 rings (SSSR count). The zero-order valence-corrected chi connectivity index (χ0v) is 12.4. The number of rotatable bonds is 6. The lowest BCUT2D eigenvalue weighted by molar-refractivity contribution is 0.196. The lowest BCUT2D eigenvalue weighted by Gasteiger charge is -2.31. The summed E-state index contributed by atoms with van der Waals surface area (Å²) in [4.78, 5) is 0. The number of hydrogen-bond donors (Lipinski definition) is 4. The first-order chi connectivity index (χ1) is 9.38. The van der Waals surface area contributed by atoms with E-state index < -0.39 is 0 Å². The average molecular weight is 279 g/mol. The molecule has 20 heavy (non-hydrogen) atoms. The normalized spacial score (nSPS) is 14.3. The van der Waals surface area contributed by atoms with Crippen LogP contribution in [-0.4, -0.2) is 28.8 Å². The van der Waals surface area contributed by atoms with Crippen LogP contribution < -0.4 is 11.1 Å². The summed E-state index contributed by atoms with van der Waals surface area (Å²) in [7, 11) is 0. The molecule has 0 bridgehead atoms. The minimum atomic E-state index is 0.0939. The number of hydrogen-bond acceptors (Lipinski definition) is 4. The SMILES string of the molecule is CC(C)(C)C(CCO)NCc1ccc(/C(N)=N/O)cc1. The number of amidine groups is 1. The predicted octanol–water partition coefficient (Wildman–Crippen LogP) is 1.67. The van der Waals surface area contributed by atoms with Crippen molar-refractivity contribution in [3.8, 4) is 0 Å². The fourth-order valence-corrected chi connectivity index (χ4v) is 2.06. The smallest absolute Gasteiger partial charge is 0.170 e. The van der Waals surface area contributed by atoms with Crippen LogP contribution >= 0.6 is 0 Å². The van der Waals surface area contributed by atoms with Gasteiger partial charge in [-0.1, -0.05) is 50.2 Å². The molecule has 0 heterocycles. The highest BCUT2D eigenvalue weighted by Gasteiger charge is 2.23. The Bertz CT molecular complexity index is 435. The van der Waals surface area contributed by atoms with Crippen molar-refractivity contribution in [1.29, 1.82) is 0 Å². The third kappa shape index (κ3) is 4.83. The van der Waals surface area contributed by atoms with Gasteiger partial charge in [0.05, 0.1) is 0 Å². The number of nitrogens with two attached hydrogens (primary N) is 1. The van der Waals surface area contributed by atoms with Crippen molar-refractivity contribution in [3.63, 3.8) is 0 Å². The summed E-state index contributed by atoms with van der Waals surface area (Å²) in [6.07, 6.45) is 0.728. The Balaban J connectivity index is 2.65. The van der Waals surface area contributed by atoms with Gasteiger partial charge in [0.25, 0.3) is 0 Å². The Kier molecular flexibility index (Phi) is 5.98. The molecule has 0 fully saturated rings. The molecule has 0 saturated heterocycles. The van der Waals surface area contributed by atoms with E-state index in [1.165, 1.54) is 0 Å². The first-order valence-corrected chi connectivity index (χ1v) is 6.79. The minimum Gasteiger partial charge on any atom is -0.409 e. The van der Waals surface area contributed by atoms with Gasteiger partial charge in [-0.2, -0.15) is 0 Å². The van der Waals surface area contributed by atoms with Crippen molar-refractivity contribution in [2.24, 2.45) is 16.3 Å². The molecule has 1 aromatic rings. The summed E-state index contributed by atoms with van der Waals surface area (Å²) in [5.74, 6) is 0.109. The fourth-order valence-electron chi connectivity index (χ4n) is 2.06. The first kappa shape index (κ1) is 16.5. The van der Waals surface area contributed by atoms with Crippen LogP contribution in [0.2, 0.25) is 0 Å². The summed E-state index contributed by atoms with van der Waals surface area (Å²) in [5, 5.41) is 24.2. The van der Waals surface area contributed by atoms with E-state index in [4.69, 9.17) is 16.0 Å². The molecule has 1 aromatic carbocycles. The molecule has 5 nitrogen and oxygen atoms in total. The zero-order chi connectivity index (χ0) is 15.2. The Morgan fingerprint density at radius 1 is 1.30 bits per heavy atom. The zero-order valence-electron chi connectivity index (χ0n) is 12.4. The van der Waals surface area contributed by atoms with Crippen molar-refractivity contribution >= 4 is 5.84 Å². The van der Waals surface area contributed by atoms with Gasteiger partial charge in [-0.15, -0.1) is 0 Å². The van der Waals surface area contributed by atoms with Crippen LogP contribution in [0.1, 0.15) is 38.3 Å². The first-order valence-electron chi connectivity index (χ1n) is 6.79. The predicted molar refractivity (Wildman–Crippen MR) is 80.7 cm³/mol. The maximum Gasteiger partial charge on any atom is 0.170 e. The van der Waals surface area contributed by atoms with Gasteiger partial charge in [0.2, 0.25) is 0 Å². The second kappa shape index (κ2) is 7.26. The largest absolute Gasteiger partial charge is 0.409 e. The van der Waals surface area contributed by atoms with Crippen LogP contribution in [0, 0.1) is 5.41 Å². The van der Waals surface area contributed by atoms with E-state index in [-0.39, 0.29) is 23.9 Å². The molecule has 1 unspecified atom stereocenters. The third-order valence-electron chi connectivity index (χ3n) is 3.37. The number of oxime groups is 1. The van der Waals surface area contributed by atoms with Gasteiger partial charge in [-0.3, -0.25) is 0 Å². The summed E-state index contributed by atoms with van der Waals surface area (Å²) in [6, 6.07) is 7.78. The van der Waals surface area contributed by atoms with Crippen molar-refractivity contribution in [2.75, 3.05) is 6.61 Å².